The summed E-state index contributed by atoms with van der Waals surface area (Å²) in [4.78, 5) is 15.2. The van der Waals surface area contributed by atoms with Gasteiger partial charge >= 0.3 is 0 Å². The highest BCUT2D eigenvalue weighted by molar-refractivity contribution is 5.76. The lowest BCUT2D eigenvalue weighted by atomic mass is 10.1. The molecule has 3 heterocycles. The molecule has 0 N–H and O–H groups in total. The van der Waals surface area contributed by atoms with Crippen molar-refractivity contribution in [3.05, 3.63) is 78.8 Å². The summed E-state index contributed by atoms with van der Waals surface area (Å²) in [6.45, 7) is 2.89. The topological polar surface area (TPSA) is 59.2 Å². The molecular weight excluding hydrogens is 324 g/mol. The van der Waals surface area contributed by atoms with E-state index >= 15 is 0 Å². The predicted octanol–water partition coefficient (Wildman–Crippen LogP) is 3.38. The second kappa shape index (κ2) is 7.01. The average Bonchev–Trinajstić information content (AvgIpc) is 3.12. The van der Waals surface area contributed by atoms with Crippen LogP contribution in [0.4, 0.5) is 0 Å². The second-order valence-electron chi connectivity index (χ2n) is 6.38. The number of benzene rings is 1. The second-order valence-corrected chi connectivity index (χ2v) is 6.38. The van der Waals surface area contributed by atoms with Crippen molar-refractivity contribution in [3.63, 3.8) is 0 Å². The minimum absolute atomic E-state index is 0.186. The summed E-state index contributed by atoms with van der Waals surface area (Å²) >= 11 is 0. The lowest BCUT2D eigenvalue weighted by Crippen LogP contribution is -2.23. The molecule has 0 fully saturated rings. The van der Waals surface area contributed by atoms with Crippen LogP contribution < -0.4 is 0 Å². The summed E-state index contributed by atoms with van der Waals surface area (Å²) in [5, 5.41) is 4.48. The van der Waals surface area contributed by atoms with Gasteiger partial charge in [0.25, 0.3) is 0 Å². The van der Waals surface area contributed by atoms with E-state index in [0.29, 0.717) is 0 Å². The first-order valence-corrected chi connectivity index (χ1v) is 8.56. The Kier molecular flexibility index (Phi) is 4.41. The van der Waals surface area contributed by atoms with E-state index in [2.05, 4.69) is 51.1 Å². The van der Waals surface area contributed by atoms with Gasteiger partial charge in [0.15, 0.2) is 5.65 Å². The fraction of sp³-hybridized carbons (Fsp3) is 0.200. The van der Waals surface area contributed by atoms with E-state index < -0.39 is 0 Å². The molecular formula is C20H20N6. The summed E-state index contributed by atoms with van der Waals surface area (Å²) in [5.74, 6) is 0. The molecule has 1 atom stereocenters. The van der Waals surface area contributed by atoms with Gasteiger partial charge in [0, 0.05) is 42.3 Å². The Hall–Kier alpha value is -3.12. The molecule has 0 saturated carbocycles. The average molecular weight is 344 g/mol. The number of aromatic nitrogens is 5. The maximum absolute atomic E-state index is 4.65. The molecule has 0 bridgehead atoms. The summed E-state index contributed by atoms with van der Waals surface area (Å²) in [6, 6.07) is 12.3. The lowest BCUT2D eigenvalue weighted by Gasteiger charge is -2.23. The number of fused-ring (bicyclic) bond motifs is 1. The molecule has 26 heavy (non-hydrogen) atoms. The zero-order valence-corrected chi connectivity index (χ0v) is 14.8. The Morgan fingerprint density at radius 2 is 1.92 bits per heavy atom. The highest BCUT2D eigenvalue weighted by Gasteiger charge is 2.14. The number of rotatable bonds is 5. The third-order valence-corrected chi connectivity index (χ3v) is 4.62. The van der Waals surface area contributed by atoms with Crippen molar-refractivity contribution in [1.29, 1.82) is 0 Å². The van der Waals surface area contributed by atoms with Gasteiger partial charge in [0.1, 0.15) is 6.33 Å². The maximum Gasteiger partial charge on any atom is 0.162 e. The summed E-state index contributed by atoms with van der Waals surface area (Å²) in [7, 11) is 2.08. The van der Waals surface area contributed by atoms with Crippen LogP contribution in [0.3, 0.4) is 0 Å². The van der Waals surface area contributed by atoms with E-state index in [4.69, 9.17) is 0 Å². The third kappa shape index (κ3) is 3.19. The van der Waals surface area contributed by atoms with Crippen molar-refractivity contribution in [2.45, 2.75) is 19.5 Å². The molecule has 130 valence electrons. The highest BCUT2D eigenvalue weighted by Crippen LogP contribution is 2.23. The number of hydrogen-bond donors (Lipinski definition) is 0. The van der Waals surface area contributed by atoms with Crippen LogP contribution in [-0.4, -0.2) is 36.5 Å². The fourth-order valence-corrected chi connectivity index (χ4v) is 3.02. The van der Waals surface area contributed by atoms with E-state index in [1.165, 1.54) is 0 Å². The monoisotopic (exact) mass is 344 g/mol. The van der Waals surface area contributed by atoms with Gasteiger partial charge in [-0.05, 0) is 25.6 Å². The van der Waals surface area contributed by atoms with Gasteiger partial charge in [-0.2, -0.15) is 5.10 Å². The molecule has 0 spiro atoms. The summed E-state index contributed by atoms with van der Waals surface area (Å²) in [5.41, 5.74) is 5.13. The first-order valence-electron chi connectivity index (χ1n) is 8.56. The SMILES string of the molecule is C[C@H](c1ccncn1)N(C)Cc1cnc2c(-c3ccccc3)cnn2c1. The van der Waals surface area contributed by atoms with Crippen molar-refractivity contribution < 1.29 is 0 Å². The summed E-state index contributed by atoms with van der Waals surface area (Å²) < 4.78 is 1.85. The Bertz CT molecular complexity index is 997. The number of nitrogens with zero attached hydrogens (tertiary/aromatic N) is 6. The molecule has 6 heteroatoms. The van der Waals surface area contributed by atoms with E-state index in [9.17, 15) is 0 Å². The largest absolute Gasteiger partial charge is 0.294 e. The molecule has 0 radical (unpaired) electrons. The van der Waals surface area contributed by atoms with Crippen LogP contribution in [0.2, 0.25) is 0 Å². The van der Waals surface area contributed by atoms with E-state index in [1.54, 1.807) is 12.5 Å². The number of hydrogen-bond acceptors (Lipinski definition) is 5. The molecule has 4 aromatic rings. The van der Waals surface area contributed by atoms with Gasteiger partial charge in [-0.15, -0.1) is 0 Å². The smallest absolute Gasteiger partial charge is 0.162 e. The van der Waals surface area contributed by atoms with Crippen molar-refractivity contribution in [3.8, 4) is 11.1 Å². The van der Waals surface area contributed by atoms with Crippen LogP contribution in [0.1, 0.15) is 24.2 Å². The molecule has 0 amide bonds. The summed E-state index contributed by atoms with van der Waals surface area (Å²) in [6.07, 6.45) is 9.19. The highest BCUT2D eigenvalue weighted by atomic mass is 15.2. The van der Waals surface area contributed by atoms with Gasteiger partial charge < -0.3 is 0 Å². The first kappa shape index (κ1) is 16.4. The predicted molar refractivity (Wildman–Crippen MR) is 100 cm³/mol. The van der Waals surface area contributed by atoms with Crippen molar-refractivity contribution >= 4 is 5.65 Å². The molecule has 0 saturated heterocycles. The Morgan fingerprint density at radius 3 is 2.69 bits per heavy atom. The molecule has 0 aliphatic carbocycles. The zero-order valence-electron chi connectivity index (χ0n) is 14.8. The zero-order chi connectivity index (χ0) is 17.9. The van der Waals surface area contributed by atoms with Crippen molar-refractivity contribution in [2.24, 2.45) is 0 Å². The molecule has 1 aromatic carbocycles. The minimum atomic E-state index is 0.186. The molecule has 0 aliphatic rings. The normalized spacial score (nSPS) is 12.6. The fourth-order valence-electron chi connectivity index (χ4n) is 3.02. The molecule has 3 aromatic heterocycles. The van der Waals surface area contributed by atoms with Crippen molar-refractivity contribution in [2.75, 3.05) is 7.05 Å². The maximum atomic E-state index is 4.65. The standard InChI is InChI=1S/C20H20N6/c1-15(19-8-9-21-14-23-19)25(2)12-16-10-22-20-18(11-24-26(20)13-16)17-6-4-3-5-7-17/h3-11,13-15H,12H2,1-2H3/t15-/m1/s1. The van der Waals surface area contributed by atoms with Gasteiger partial charge in [-0.3, -0.25) is 4.90 Å². The minimum Gasteiger partial charge on any atom is -0.294 e. The Morgan fingerprint density at radius 1 is 1.08 bits per heavy atom. The molecule has 0 aliphatic heterocycles. The van der Waals surface area contributed by atoms with Crippen LogP contribution >= 0.6 is 0 Å². The van der Waals surface area contributed by atoms with Crippen LogP contribution in [0, 0.1) is 0 Å². The van der Waals surface area contributed by atoms with Gasteiger partial charge in [0.2, 0.25) is 0 Å². The molecule has 4 rings (SSSR count). The van der Waals surface area contributed by atoms with Crippen molar-refractivity contribution in [1.82, 2.24) is 29.5 Å². The molecule has 0 unspecified atom stereocenters. The Labute approximate surface area is 152 Å². The first-order chi connectivity index (χ1) is 12.7. The van der Waals surface area contributed by atoms with Gasteiger partial charge in [0.05, 0.1) is 11.9 Å². The van der Waals surface area contributed by atoms with Crippen LogP contribution in [0.15, 0.2) is 67.5 Å². The van der Waals surface area contributed by atoms with Crippen LogP contribution in [-0.2, 0) is 6.54 Å². The third-order valence-electron chi connectivity index (χ3n) is 4.62. The van der Waals surface area contributed by atoms with E-state index in [1.807, 2.05) is 47.4 Å². The van der Waals surface area contributed by atoms with Gasteiger partial charge in [-0.1, -0.05) is 30.3 Å². The lowest BCUT2D eigenvalue weighted by molar-refractivity contribution is 0.248. The molecule has 6 nitrogen and oxygen atoms in total. The van der Waals surface area contributed by atoms with E-state index in [0.717, 1.165) is 34.6 Å². The van der Waals surface area contributed by atoms with E-state index in [-0.39, 0.29) is 6.04 Å². The Balaban J connectivity index is 1.57. The van der Waals surface area contributed by atoms with Crippen LogP contribution in [0.25, 0.3) is 16.8 Å². The van der Waals surface area contributed by atoms with Crippen LogP contribution in [0.5, 0.6) is 0 Å². The van der Waals surface area contributed by atoms with Gasteiger partial charge in [-0.25, -0.2) is 19.5 Å². The quantitative estimate of drug-likeness (QED) is 0.555.